The summed E-state index contributed by atoms with van der Waals surface area (Å²) in [5, 5.41) is 0.0946. The lowest BCUT2D eigenvalue weighted by Crippen LogP contribution is -2.24. The molecule has 68 valence electrons. The van der Waals surface area contributed by atoms with Gasteiger partial charge in [0.25, 0.3) is 0 Å². The maximum atomic E-state index is 13.4. The van der Waals surface area contributed by atoms with Crippen LogP contribution in [-0.4, -0.2) is 5.78 Å². The van der Waals surface area contributed by atoms with Gasteiger partial charge in [-0.2, -0.15) is 0 Å². The van der Waals surface area contributed by atoms with Crippen molar-refractivity contribution in [3.63, 3.8) is 0 Å². The molecule has 2 rings (SSSR count). The SMILES string of the molecule is O=C1CCC1c1cccc(Cl)c1F. The smallest absolute Gasteiger partial charge is 0.145 e. The molecule has 0 aliphatic heterocycles. The van der Waals surface area contributed by atoms with Gasteiger partial charge in [-0.1, -0.05) is 23.7 Å². The van der Waals surface area contributed by atoms with E-state index in [1.54, 1.807) is 12.1 Å². The number of hydrogen-bond acceptors (Lipinski definition) is 1. The highest BCUT2D eigenvalue weighted by Gasteiger charge is 2.31. The van der Waals surface area contributed by atoms with Gasteiger partial charge in [0.05, 0.1) is 5.02 Å². The fourth-order valence-corrected chi connectivity index (χ4v) is 1.71. The number of carbonyl (C=O) groups is 1. The van der Waals surface area contributed by atoms with Crippen molar-refractivity contribution in [2.45, 2.75) is 18.8 Å². The topological polar surface area (TPSA) is 17.1 Å². The second kappa shape index (κ2) is 3.11. The van der Waals surface area contributed by atoms with Gasteiger partial charge < -0.3 is 0 Å². The van der Waals surface area contributed by atoms with Crippen LogP contribution in [0.5, 0.6) is 0 Å². The monoisotopic (exact) mass is 198 g/mol. The zero-order valence-electron chi connectivity index (χ0n) is 6.89. The molecule has 13 heavy (non-hydrogen) atoms. The molecule has 0 saturated heterocycles. The largest absolute Gasteiger partial charge is 0.299 e. The second-order valence-electron chi connectivity index (χ2n) is 3.20. The Kier molecular flexibility index (Phi) is 2.08. The van der Waals surface area contributed by atoms with E-state index in [2.05, 4.69) is 0 Å². The molecule has 3 heteroatoms. The molecule has 1 aromatic rings. The number of hydrogen-bond donors (Lipinski definition) is 0. The lowest BCUT2D eigenvalue weighted by molar-refractivity contribution is -0.125. The summed E-state index contributed by atoms with van der Waals surface area (Å²) in [6.45, 7) is 0. The first kappa shape index (κ1) is 8.70. The second-order valence-corrected chi connectivity index (χ2v) is 3.61. The fourth-order valence-electron chi connectivity index (χ4n) is 1.53. The van der Waals surface area contributed by atoms with E-state index in [0.717, 1.165) is 6.42 Å². The lowest BCUT2D eigenvalue weighted by atomic mass is 9.78. The average molecular weight is 199 g/mol. The van der Waals surface area contributed by atoms with Crippen LogP contribution in [-0.2, 0) is 4.79 Å². The van der Waals surface area contributed by atoms with E-state index in [0.29, 0.717) is 12.0 Å². The van der Waals surface area contributed by atoms with Crippen molar-refractivity contribution in [3.8, 4) is 0 Å². The Balaban J connectivity index is 2.40. The molecule has 1 nitrogen and oxygen atoms in total. The summed E-state index contributed by atoms with van der Waals surface area (Å²) in [4.78, 5) is 11.1. The zero-order chi connectivity index (χ0) is 9.42. The predicted octanol–water partition coefficient (Wildman–Crippen LogP) is 2.93. The molecule has 0 aromatic heterocycles. The van der Waals surface area contributed by atoms with Gasteiger partial charge in [0.2, 0.25) is 0 Å². The van der Waals surface area contributed by atoms with Gasteiger partial charge in [-0.25, -0.2) is 4.39 Å². The van der Waals surface area contributed by atoms with Crippen molar-refractivity contribution in [3.05, 3.63) is 34.6 Å². The van der Waals surface area contributed by atoms with Crippen LogP contribution in [0.25, 0.3) is 0 Å². The van der Waals surface area contributed by atoms with Crippen LogP contribution in [0.3, 0.4) is 0 Å². The third kappa shape index (κ3) is 1.35. The maximum absolute atomic E-state index is 13.4. The van der Waals surface area contributed by atoms with E-state index in [1.807, 2.05) is 0 Å². The molecule has 1 aliphatic carbocycles. The summed E-state index contributed by atoms with van der Waals surface area (Å²) in [7, 11) is 0. The summed E-state index contributed by atoms with van der Waals surface area (Å²) in [6.07, 6.45) is 1.31. The zero-order valence-corrected chi connectivity index (χ0v) is 7.64. The first-order valence-electron chi connectivity index (χ1n) is 4.17. The molecule has 0 N–H and O–H groups in total. The highest BCUT2D eigenvalue weighted by Crippen LogP contribution is 2.35. The molecule has 1 unspecified atom stereocenters. The summed E-state index contributed by atoms with van der Waals surface area (Å²) in [5.41, 5.74) is 0.448. The third-order valence-corrected chi connectivity index (χ3v) is 2.72. The Labute approximate surface area is 80.5 Å². The Morgan fingerprint density at radius 3 is 2.77 bits per heavy atom. The maximum Gasteiger partial charge on any atom is 0.145 e. The Hall–Kier alpha value is -0.890. The van der Waals surface area contributed by atoms with Crippen LogP contribution in [0.2, 0.25) is 5.02 Å². The van der Waals surface area contributed by atoms with Crippen LogP contribution >= 0.6 is 11.6 Å². The molecule has 0 heterocycles. The number of Topliss-reactive ketones (excluding diaryl/α,β-unsaturated/α-hetero) is 1. The first-order valence-corrected chi connectivity index (χ1v) is 4.54. The van der Waals surface area contributed by atoms with E-state index >= 15 is 0 Å². The van der Waals surface area contributed by atoms with Crippen molar-refractivity contribution < 1.29 is 9.18 Å². The van der Waals surface area contributed by atoms with Crippen molar-refractivity contribution in [2.24, 2.45) is 0 Å². The van der Waals surface area contributed by atoms with E-state index in [9.17, 15) is 9.18 Å². The van der Waals surface area contributed by atoms with Gasteiger partial charge in [0, 0.05) is 12.3 Å². The molecule has 1 aromatic carbocycles. The minimum Gasteiger partial charge on any atom is -0.299 e. The van der Waals surface area contributed by atoms with Crippen LogP contribution in [0.1, 0.15) is 24.3 Å². The van der Waals surface area contributed by atoms with Crippen LogP contribution in [0.15, 0.2) is 18.2 Å². The number of benzene rings is 1. The highest BCUT2D eigenvalue weighted by molar-refractivity contribution is 6.30. The van der Waals surface area contributed by atoms with E-state index < -0.39 is 5.82 Å². The van der Waals surface area contributed by atoms with Crippen molar-refractivity contribution in [2.75, 3.05) is 0 Å². The van der Waals surface area contributed by atoms with Gasteiger partial charge in [-0.3, -0.25) is 4.79 Å². The van der Waals surface area contributed by atoms with Crippen molar-refractivity contribution in [1.82, 2.24) is 0 Å². The summed E-state index contributed by atoms with van der Waals surface area (Å²) in [6, 6.07) is 4.79. The molecule has 0 amide bonds. The molecule has 1 fully saturated rings. The van der Waals surface area contributed by atoms with Crippen molar-refractivity contribution >= 4 is 17.4 Å². The molecule has 1 saturated carbocycles. The molecule has 0 radical (unpaired) electrons. The van der Waals surface area contributed by atoms with Gasteiger partial charge in [0.1, 0.15) is 11.6 Å². The molecule has 1 aliphatic rings. The van der Waals surface area contributed by atoms with E-state index in [1.165, 1.54) is 6.07 Å². The number of halogens is 2. The van der Waals surface area contributed by atoms with Gasteiger partial charge in [-0.05, 0) is 18.1 Å². The molecular formula is C10H8ClFO. The van der Waals surface area contributed by atoms with E-state index in [4.69, 9.17) is 11.6 Å². The highest BCUT2D eigenvalue weighted by atomic mass is 35.5. The van der Waals surface area contributed by atoms with E-state index in [-0.39, 0.29) is 16.7 Å². The molecule has 1 atom stereocenters. The summed E-state index contributed by atoms with van der Waals surface area (Å²) >= 11 is 5.60. The molecule has 0 spiro atoms. The molecule has 0 bridgehead atoms. The quantitative estimate of drug-likeness (QED) is 0.678. The minimum atomic E-state index is -0.442. The van der Waals surface area contributed by atoms with Gasteiger partial charge >= 0.3 is 0 Å². The first-order chi connectivity index (χ1) is 6.20. The Morgan fingerprint density at radius 2 is 2.23 bits per heavy atom. The number of ketones is 1. The summed E-state index contributed by atoms with van der Waals surface area (Å²) in [5.74, 6) is -0.581. The number of rotatable bonds is 1. The third-order valence-electron chi connectivity index (χ3n) is 2.42. The van der Waals surface area contributed by atoms with Crippen LogP contribution < -0.4 is 0 Å². The van der Waals surface area contributed by atoms with Crippen LogP contribution in [0.4, 0.5) is 4.39 Å². The minimum absolute atomic E-state index is 0.0946. The Bertz CT molecular complexity index is 362. The van der Waals surface area contributed by atoms with Gasteiger partial charge in [0.15, 0.2) is 0 Å². The molecular weight excluding hydrogens is 191 g/mol. The number of carbonyl (C=O) groups excluding carboxylic acids is 1. The van der Waals surface area contributed by atoms with Crippen LogP contribution in [0, 0.1) is 5.82 Å². The van der Waals surface area contributed by atoms with Gasteiger partial charge in [-0.15, -0.1) is 0 Å². The Morgan fingerprint density at radius 1 is 1.46 bits per heavy atom. The summed E-state index contributed by atoms with van der Waals surface area (Å²) < 4.78 is 13.4. The standard InChI is InChI=1S/C10H8ClFO/c11-8-3-1-2-7(10(8)12)6-4-5-9(6)13/h1-3,6H,4-5H2. The average Bonchev–Trinajstić information content (AvgIpc) is 2.10. The van der Waals surface area contributed by atoms with Crippen molar-refractivity contribution in [1.29, 1.82) is 0 Å². The normalized spacial score (nSPS) is 21.4. The fraction of sp³-hybridized carbons (Fsp3) is 0.300. The predicted molar refractivity (Wildman–Crippen MR) is 48.4 cm³/mol. The lowest BCUT2D eigenvalue weighted by Gasteiger charge is -2.24.